The molecule has 1 aliphatic rings. The molecule has 8 nitrogen and oxygen atoms in total. The van der Waals surface area contributed by atoms with Gasteiger partial charge in [-0.2, -0.15) is 0 Å². The molecule has 0 aromatic heterocycles. The van der Waals surface area contributed by atoms with Gasteiger partial charge >= 0.3 is 0 Å². The van der Waals surface area contributed by atoms with Gasteiger partial charge in [-0.25, -0.2) is 13.6 Å². The summed E-state index contributed by atoms with van der Waals surface area (Å²) in [5, 5.41) is 11.1. The summed E-state index contributed by atoms with van der Waals surface area (Å²) >= 11 is 0. The second-order valence-corrected chi connectivity index (χ2v) is 7.71. The number of sulfonamides is 1. The van der Waals surface area contributed by atoms with E-state index in [9.17, 15) is 8.42 Å². The quantitative estimate of drug-likeness (QED) is 0.254. The minimum atomic E-state index is -3.46. The molecule has 10 heteroatoms. The highest BCUT2D eigenvalue weighted by Gasteiger charge is 2.23. The molecule has 0 bridgehead atoms. The topological polar surface area (TPSA) is 109 Å². The molecule has 1 aliphatic heterocycles. The molecular formula is C14H32IN5O3S. The van der Waals surface area contributed by atoms with Crippen molar-refractivity contribution in [2.75, 3.05) is 51.7 Å². The van der Waals surface area contributed by atoms with Crippen LogP contribution in [0, 0.1) is 5.92 Å². The number of hydrogen-bond acceptors (Lipinski definition) is 5. The average Bonchev–Trinajstić information content (AvgIpc) is 2.47. The van der Waals surface area contributed by atoms with Crippen LogP contribution in [0.15, 0.2) is 4.99 Å². The SMILES string of the molecule is CCNC(=NCC(C(C)C)N1CCOCC1)NCCS(N)(=O)=O.I. The molecule has 4 N–H and O–H groups in total. The van der Waals surface area contributed by atoms with Gasteiger partial charge in [0.25, 0.3) is 0 Å². The number of hydrogen-bond donors (Lipinski definition) is 3. The molecule has 0 amide bonds. The minimum Gasteiger partial charge on any atom is -0.379 e. The fourth-order valence-electron chi connectivity index (χ4n) is 2.50. The highest BCUT2D eigenvalue weighted by molar-refractivity contribution is 14.0. The van der Waals surface area contributed by atoms with Crippen molar-refractivity contribution < 1.29 is 13.2 Å². The molecule has 144 valence electrons. The fraction of sp³-hybridized carbons (Fsp3) is 0.929. The summed E-state index contributed by atoms with van der Waals surface area (Å²) in [5.74, 6) is 0.980. The number of nitrogens with one attached hydrogen (secondary N) is 2. The molecule has 0 radical (unpaired) electrons. The normalized spacial score (nSPS) is 18.1. The summed E-state index contributed by atoms with van der Waals surface area (Å²) in [7, 11) is -3.46. The number of ether oxygens (including phenoxy) is 1. The molecule has 0 spiro atoms. The number of aliphatic imine (C=N–C) groups is 1. The smallest absolute Gasteiger partial charge is 0.210 e. The van der Waals surface area contributed by atoms with Crippen molar-refractivity contribution in [2.24, 2.45) is 16.0 Å². The molecule has 1 unspecified atom stereocenters. The first kappa shape index (κ1) is 23.8. The average molecular weight is 477 g/mol. The summed E-state index contributed by atoms with van der Waals surface area (Å²) < 4.78 is 27.4. The molecule has 1 rings (SSSR count). The highest BCUT2D eigenvalue weighted by atomic mass is 127. The van der Waals surface area contributed by atoms with E-state index in [1.165, 1.54) is 0 Å². The van der Waals surface area contributed by atoms with Crippen molar-refractivity contribution in [1.82, 2.24) is 15.5 Å². The molecule has 0 saturated carbocycles. The van der Waals surface area contributed by atoms with E-state index in [1.54, 1.807) is 0 Å². The Labute approximate surface area is 163 Å². The largest absolute Gasteiger partial charge is 0.379 e. The van der Waals surface area contributed by atoms with Crippen LogP contribution >= 0.6 is 24.0 Å². The lowest BCUT2D eigenvalue weighted by atomic mass is 10.0. The van der Waals surface area contributed by atoms with Crippen LogP contribution in [-0.4, -0.2) is 77.0 Å². The number of morpholine rings is 1. The van der Waals surface area contributed by atoms with E-state index in [-0.39, 0.29) is 36.3 Å². The summed E-state index contributed by atoms with van der Waals surface area (Å²) in [6.45, 7) is 11.3. The summed E-state index contributed by atoms with van der Waals surface area (Å²) in [6, 6.07) is 0.340. The Bertz CT molecular complexity index is 467. The maximum Gasteiger partial charge on any atom is 0.210 e. The number of nitrogens with zero attached hydrogens (tertiary/aromatic N) is 2. The Kier molecular flexibility index (Phi) is 12.1. The molecule has 1 saturated heterocycles. The fourth-order valence-corrected chi connectivity index (χ4v) is 2.88. The number of rotatable bonds is 8. The number of primary sulfonamides is 1. The Morgan fingerprint density at radius 2 is 1.92 bits per heavy atom. The van der Waals surface area contributed by atoms with Crippen LogP contribution < -0.4 is 15.8 Å². The van der Waals surface area contributed by atoms with Crippen LogP contribution in [0.4, 0.5) is 0 Å². The number of nitrogens with two attached hydrogens (primary N) is 1. The van der Waals surface area contributed by atoms with Crippen molar-refractivity contribution >= 4 is 40.0 Å². The first-order chi connectivity index (χ1) is 10.8. The van der Waals surface area contributed by atoms with Gasteiger partial charge in [0.2, 0.25) is 10.0 Å². The molecule has 0 aromatic rings. The third-order valence-corrected chi connectivity index (χ3v) is 4.52. The molecule has 1 fully saturated rings. The highest BCUT2D eigenvalue weighted by Crippen LogP contribution is 2.13. The molecule has 1 heterocycles. The van der Waals surface area contributed by atoms with Gasteiger partial charge in [-0.05, 0) is 12.8 Å². The van der Waals surface area contributed by atoms with E-state index in [2.05, 4.69) is 34.4 Å². The monoisotopic (exact) mass is 477 g/mol. The maximum atomic E-state index is 11.0. The number of guanidine groups is 1. The molecule has 24 heavy (non-hydrogen) atoms. The van der Waals surface area contributed by atoms with Crippen LogP contribution in [-0.2, 0) is 14.8 Å². The number of halogens is 1. The van der Waals surface area contributed by atoms with Crippen LogP contribution in [0.25, 0.3) is 0 Å². The zero-order valence-electron chi connectivity index (χ0n) is 14.8. The van der Waals surface area contributed by atoms with E-state index < -0.39 is 10.0 Å². The summed E-state index contributed by atoms with van der Waals surface area (Å²) in [6.07, 6.45) is 0. The second kappa shape index (κ2) is 12.2. The summed E-state index contributed by atoms with van der Waals surface area (Å²) in [4.78, 5) is 7.01. The van der Waals surface area contributed by atoms with E-state index >= 15 is 0 Å². The van der Waals surface area contributed by atoms with Gasteiger partial charge in [0.05, 0.1) is 25.5 Å². The molecule has 0 aromatic carbocycles. The minimum absolute atomic E-state index is 0. The van der Waals surface area contributed by atoms with E-state index in [0.717, 1.165) is 26.3 Å². The van der Waals surface area contributed by atoms with Crippen molar-refractivity contribution in [3.63, 3.8) is 0 Å². The first-order valence-electron chi connectivity index (χ1n) is 8.18. The summed E-state index contributed by atoms with van der Waals surface area (Å²) in [5.41, 5.74) is 0. The standard InChI is InChI=1S/C14H31N5O3S.HI/c1-4-16-14(17-5-10-23(15,20)21)18-11-13(12(2)3)19-6-8-22-9-7-19;/h12-13H,4-11H2,1-3H3,(H2,15,20,21)(H2,16,17,18);1H. The van der Waals surface area contributed by atoms with Crippen molar-refractivity contribution in [2.45, 2.75) is 26.8 Å². The van der Waals surface area contributed by atoms with E-state index in [4.69, 9.17) is 9.88 Å². The van der Waals surface area contributed by atoms with Crippen LogP contribution in [0.1, 0.15) is 20.8 Å². The Morgan fingerprint density at radius 3 is 2.42 bits per heavy atom. The van der Waals surface area contributed by atoms with Crippen molar-refractivity contribution in [1.29, 1.82) is 0 Å². The third-order valence-electron chi connectivity index (χ3n) is 3.74. The predicted molar refractivity (Wildman–Crippen MR) is 108 cm³/mol. The van der Waals surface area contributed by atoms with Crippen molar-refractivity contribution in [3.05, 3.63) is 0 Å². The van der Waals surface area contributed by atoms with Crippen LogP contribution in [0.5, 0.6) is 0 Å². The lowest BCUT2D eigenvalue weighted by Gasteiger charge is -2.36. The van der Waals surface area contributed by atoms with Gasteiger partial charge < -0.3 is 15.4 Å². The van der Waals surface area contributed by atoms with Gasteiger partial charge in [0.15, 0.2) is 5.96 Å². The maximum absolute atomic E-state index is 11.0. The Morgan fingerprint density at radius 1 is 1.29 bits per heavy atom. The lowest BCUT2D eigenvalue weighted by Crippen LogP contribution is -2.48. The zero-order chi connectivity index (χ0) is 17.3. The lowest BCUT2D eigenvalue weighted by molar-refractivity contribution is 0.00867. The van der Waals surface area contributed by atoms with E-state index in [1.807, 2.05) is 6.92 Å². The molecular weight excluding hydrogens is 445 g/mol. The van der Waals surface area contributed by atoms with Gasteiger partial charge in [0.1, 0.15) is 0 Å². The van der Waals surface area contributed by atoms with E-state index in [0.29, 0.717) is 31.0 Å². The van der Waals surface area contributed by atoms with Crippen LogP contribution in [0.2, 0.25) is 0 Å². The third kappa shape index (κ3) is 9.97. The Balaban J connectivity index is 0.00000529. The predicted octanol–water partition coefficient (Wildman–Crippen LogP) is -0.195. The molecule has 0 aliphatic carbocycles. The first-order valence-corrected chi connectivity index (χ1v) is 9.89. The second-order valence-electron chi connectivity index (χ2n) is 5.97. The van der Waals surface area contributed by atoms with Crippen LogP contribution in [0.3, 0.4) is 0 Å². The van der Waals surface area contributed by atoms with Gasteiger partial charge in [-0.3, -0.25) is 9.89 Å². The van der Waals surface area contributed by atoms with Gasteiger partial charge in [0, 0.05) is 32.2 Å². The molecule has 1 atom stereocenters. The Hall–Kier alpha value is -0.170. The van der Waals surface area contributed by atoms with Crippen molar-refractivity contribution in [3.8, 4) is 0 Å². The van der Waals surface area contributed by atoms with Gasteiger partial charge in [-0.15, -0.1) is 24.0 Å². The zero-order valence-corrected chi connectivity index (χ0v) is 18.0. The van der Waals surface area contributed by atoms with Gasteiger partial charge in [-0.1, -0.05) is 13.8 Å².